The molecule has 0 radical (unpaired) electrons. The number of amides is 1. The summed E-state index contributed by atoms with van der Waals surface area (Å²) in [5, 5.41) is 7.28. The molecule has 3 aromatic carbocycles. The Bertz CT molecular complexity index is 1360. The van der Waals surface area contributed by atoms with E-state index in [0.717, 1.165) is 16.7 Å². The number of rotatable bonds is 7. The monoisotopic (exact) mass is 504 g/mol. The fourth-order valence-electron chi connectivity index (χ4n) is 3.70. The molecule has 7 nitrogen and oxygen atoms in total. The van der Waals surface area contributed by atoms with Gasteiger partial charge in [0.2, 0.25) is 0 Å². The molecular formula is C28H25ClN2O5. The summed E-state index contributed by atoms with van der Waals surface area (Å²) in [5.41, 5.74) is 4.79. The molecule has 0 saturated carbocycles. The van der Waals surface area contributed by atoms with E-state index in [0.29, 0.717) is 39.9 Å². The Morgan fingerprint density at radius 3 is 2.22 bits per heavy atom. The predicted octanol–water partition coefficient (Wildman–Crippen LogP) is 7.46. The number of esters is 1. The maximum atomic E-state index is 12.6. The summed E-state index contributed by atoms with van der Waals surface area (Å²) in [7, 11) is 0. The molecule has 1 unspecified atom stereocenters. The molecule has 1 N–H and O–H groups in total. The maximum absolute atomic E-state index is 12.6. The van der Waals surface area contributed by atoms with Crippen LogP contribution in [0.1, 0.15) is 41.6 Å². The van der Waals surface area contributed by atoms with Crippen molar-refractivity contribution in [3.63, 3.8) is 0 Å². The van der Waals surface area contributed by atoms with Crippen molar-refractivity contribution in [1.29, 1.82) is 0 Å². The van der Waals surface area contributed by atoms with Gasteiger partial charge in [-0.2, -0.15) is 0 Å². The molecule has 0 bridgehead atoms. The minimum Gasteiger partial charge on any atom is -0.462 e. The van der Waals surface area contributed by atoms with E-state index in [4.69, 9.17) is 25.6 Å². The number of carbonyl (C=O) groups is 2. The lowest BCUT2D eigenvalue weighted by Crippen LogP contribution is -2.17. The summed E-state index contributed by atoms with van der Waals surface area (Å²) in [4.78, 5) is 24.5. The number of aromatic nitrogens is 1. The number of ether oxygens (including phenoxy) is 2. The van der Waals surface area contributed by atoms with Crippen LogP contribution in [0.5, 0.6) is 0 Å². The Morgan fingerprint density at radius 2 is 1.58 bits per heavy atom. The Labute approximate surface area is 214 Å². The number of nitrogens with one attached hydrogen (secondary N) is 1. The molecule has 4 aromatic rings. The van der Waals surface area contributed by atoms with Crippen LogP contribution < -0.4 is 5.32 Å². The maximum Gasteiger partial charge on any atom is 0.412 e. The number of nitrogens with zero attached hydrogens (tertiary/aromatic N) is 1. The van der Waals surface area contributed by atoms with E-state index in [9.17, 15) is 9.59 Å². The van der Waals surface area contributed by atoms with E-state index < -0.39 is 12.2 Å². The van der Waals surface area contributed by atoms with Gasteiger partial charge in [0, 0.05) is 16.1 Å². The van der Waals surface area contributed by atoms with Gasteiger partial charge in [0.25, 0.3) is 0 Å². The Kier molecular flexibility index (Phi) is 7.71. The topological polar surface area (TPSA) is 90.7 Å². The molecule has 0 fully saturated rings. The molecule has 0 aliphatic heterocycles. The van der Waals surface area contributed by atoms with E-state index in [1.807, 2.05) is 54.6 Å². The first-order chi connectivity index (χ1) is 17.4. The first kappa shape index (κ1) is 25.0. The summed E-state index contributed by atoms with van der Waals surface area (Å²) in [5.74, 6) is 0.0685. The average Bonchev–Trinajstić information content (AvgIpc) is 3.24. The molecule has 8 heteroatoms. The SMILES string of the molecule is CCOC(=O)c1ccc(-c2ccc(-c3onc(C)c3NC(=O)OC(C)c3ccccc3Cl)cc2)cc1. The number of benzene rings is 3. The van der Waals surface area contributed by atoms with E-state index in [1.54, 1.807) is 39.0 Å². The van der Waals surface area contributed by atoms with Gasteiger partial charge in [0.05, 0.1) is 12.2 Å². The van der Waals surface area contributed by atoms with Gasteiger partial charge in [-0.1, -0.05) is 71.4 Å². The number of carbonyl (C=O) groups excluding carboxylic acids is 2. The molecule has 184 valence electrons. The van der Waals surface area contributed by atoms with Gasteiger partial charge in [-0.25, -0.2) is 9.59 Å². The van der Waals surface area contributed by atoms with Crippen molar-refractivity contribution in [2.75, 3.05) is 11.9 Å². The van der Waals surface area contributed by atoms with Gasteiger partial charge in [-0.05, 0) is 50.1 Å². The van der Waals surface area contributed by atoms with Gasteiger partial charge in [0.1, 0.15) is 17.5 Å². The normalized spacial score (nSPS) is 11.6. The van der Waals surface area contributed by atoms with E-state index in [-0.39, 0.29) is 5.97 Å². The van der Waals surface area contributed by atoms with Gasteiger partial charge >= 0.3 is 12.1 Å². The summed E-state index contributed by atoms with van der Waals surface area (Å²) in [6.07, 6.45) is -1.19. The third-order valence-electron chi connectivity index (χ3n) is 5.59. The zero-order chi connectivity index (χ0) is 25.7. The standard InChI is InChI=1S/C28H25ClN2O5/c1-4-34-27(32)22-15-11-20(12-16-22)19-9-13-21(14-10-19)26-25(17(2)31-36-26)30-28(33)35-18(3)23-7-5-6-8-24(23)29/h5-16,18H,4H2,1-3H3,(H,30,33). The van der Waals surface area contributed by atoms with Crippen molar-refractivity contribution in [2.24, 2.45) is 0 Å². The van der Waals surface area contributed by atoms with Crippen LogP contribution in [0.2, 0.25) is 5.02 Å². The minimum atomic E-state index is -0.645. The molecule has 0 aliphatic rings. The smallest absolute Gasteiger partial charge is 0.412 e. The minimum absolute atomic E-state index is 0.331. The number of hydrogen-bond donors (Lipinski definition) is 1. The van der Waals surface area contributed by atoms with Gasteiger partial charge < -0.3 is 14.0 Å². The molecule has 1 amide bonds. The summed E-state index contributed by atoms with van der Waals surface area (Å²) in [6, 6.07) is 22.0. The van der Waals surface area contributed by atoms with Crippen molar-refractivity contribution in [3.05, 3.63) is 94.6 Å². The summed E-state index contributed by atoms with van der Waals surface area (Å²) >= 11 is 6.21. The predicted molar refractivity (Wildman–Crippen MR) is 138 cm³/mol. The highest BCUT2D eigenvalue weighted by Gasteiger charge is 2.20. The Hall–Kier alpha value is -4.10. The van der Waals surface area contributed by atoms with Gasteiger partial charge in [-0.15, -0.1) is 0 Å². The second kappa shape index (κ2) is 11.1. The van der Waals surface area contributed by atoms with Crippen molar-refractivity contribution < 1.29 is 23.6 Å². The Morgan fingerprint density at radius 1 is 0.972 bits per heavy atom. The highest BCUT2D eigenvalue weighted by atomic mass is 35.5. The summed E-state index contributed by atoms with van der Waals surface area (Å²) < 4.78 is 16.1. The van der Waals surface area contributed by atoms with Crippen LogP contribution in [0.4, 0.5) is 10.5 Å². The van der Waals surface area contributed by atoms with Crippen LogP contribution in [0, 0.1) is 6.92 Å². The lowest BCUT2D eigenvalue weighted by Gasteiger charge is -2.15. The number of aryl methyl sites for hydroxylation is 1. The number of halogens is 1. The lowest BCUT2D eigenvalue weighted by molar-refractivity contribution is 0.0526. The number of anilines is 1. The van der Waals surface area contributed by atoms with Crippen LogP contribution in [0.15, 0.2) is 77.3 Å². The highest BCUT2D eigenvalue weighted by Crippen LogP contribution is 2.33. The van der Waals surface area contributed by atoms with Crippen molar-refractivity contribution >= 4 is 29.4 Å². The molecule has 0 aliphatic carbocycles. The molecule has 1 atom stereocenters. The molecule has 36 heavy (non-hydrogen) atoms. The zero-order valence-electron chi connectivity index (χ0n) is 20.1. The lowest BCUT2D eigenvalue weighted by atomic mass is 10.0. The van der Waals surface area contributed by atoms with E-state index in [2.05, 4.69) is 10.5 Å². The average molecular weight is 505 g/mol. The molecule has 0 saturated heterocycles. The first-order valence-corrected chi connectivity index (χ1v) is 11.8. The van der Waals surface area contributed by atoms with Crippen molar-refractivity contribution in [2.45, 2.75) is 26.9 Å². The molecule has 4 rings (SSSR count). The second-order valence-corrected chi connectivity index (χ2v) is 8.45. The zero-order valence-corrected chi connectivity index (χ0v) is 20.8. The quantitative estimate of drug-likeness (QED) is 0.263. The Balaban J connectivity index is 1.48. The van der Waals surface area contributed by atoms with Crippen LogP contribution in [0.3, 0.4) is 0 Å². The third kappa shape index (κ3) is 5.58. The fourth-order valence-corrected chi connectivity index (χ4v) is 3.99. The summed E-state index contributed by atoms with van der Waals surface area (Å²) in [6.45, 7) is 5.59. The largest absolute Gasteiger partial charge is 0.462 e. The van der Waals surface area contributed by atoms with Crippen LogP contribution in [-0.4, -0.2) is 23.8 Å². The van der Waals surface area contributed by atoms with Gasteiger partial charge in [0.15, 0.2) is 5.76 Å². The molecular weight excluding hydrogens is 480 g/mol. The van der Waals surface area contributed by atoms with Crippen LogP contribution in [0.25, 0.3) is 22.5 Å². The van der Waals surface area contributed by atoms with E-state index >= 15 is 0 Å². The van der Waals surface area contributed by atoms with Crippen LogP contribution >= 0.6 is 11.6 Å². The van der Waals surface area contributed by atoms with Crippen LogP contribution in [-0.2, 0) is 9.47 Å². The van der Waals surface area contributed by atoms with Crippen molar-refractivity contribution in [3.8, 4) is 22.5 Å². The van der Waals surface area contributed by atoms with E-state index in [1.165, 1.54) is 0 Å². The number of hydrogen-bond acceptors (Lipinski definition) is 6. The van der Waals surface area contributed by atoms with Crippen molar-refractivity contribution in [1.82, 2.24) is 5.16 Å². The third-order valence-corrected chi connectivity index (χ3v) is 5.94. The molecule has 1 heterocycles. The fraction of sp³-hybridized carbons (Fsp3) is 0.179. The molecule has 1 aromatic heterocycles. The second-order valence-electron chi connectivity index (χ2n) is 8.04. The first-order valence-electron chi connectivity index (χ1n) is 11.4. The highest BCUT2D eigenvalue weighted by molar-refractivity contribution is 6.31. The van der Waals surface area contributed by atoms with Gasteiger partial charge in [-0.3, -0.25) is 5.32 Å². The molecule has 0 spiro atoms.